The standard InChI is InChI=1S/C30H25Cl2NO6/c1-15(2)28-22(27(33-39-28)26-23(31)6-5-7-24(26)32)14-36-19-9-11-20(16(3)12-19)18-8-10-21-25(13-18)37-17(4)29(21)38-30(34)35/h5-13,15H,14H2,1-4H3,(H,34,35). The number of furan rings is 1. The van der Waals surface area contributed by atoms with Gasteiger partial charge in [0.15, 0.2) is 5.75 Å². The molecule has 0 unspecified atom stereocenters. The van der Waals surface area contributed by atoms with Gasteiger partial charge in [-0.25, -0.2) is 4.79 Å². The van der Waals surface area contributed by atoms with Crippen molar-refractivity contribution in [3.63, 3.8) is 0 Å². The molecule has 5 aromatic rings. The van der Waals surface area contributed by atoms with E-state index in [-0.39, 0.29) is 18.3 Å². The van der Waals surface area contributed by atoms with Crippen LogP contribution in [0.5, 0.6) is 11.5 Å². The van der Waals surface area contributed by atoms with Crippen LogP contribution in [0.3, 0.4) is 0 Å². The summed E-state index contributed by atoms with van der Waals surface area (Å²) in [4.78, 5) is 11.0. The maximum atomic E-state index is 11.0. The lowest BCUT2D eigenvalue weighted by Gasteiger charge is -2.13. The van der Waals surface area contributed by atoms with Gasteiger partial charge in [0.2, 0.25) is 0 Å². The molecule has 5 rings (SSSR count). The Kier molecular flexibility index (Phi) is 7.30. The van der Waals surface area contributed by atoms with E-state index in [0.717, 1.165) is 22.3 Å². The molecule has 9 heteroatoms. The first-order valence-electron chi connectivity index (χ1n) is 12.2. The van der Waals surface area contributed by atoms with Gasteiger partial charge >= 0.3 is 6.16 Å². The van der Waals surface area contributed by atoms with Crippen LogP contribution in [0.1, 0.15) is 42.4 Å². The summed E-state index contributed by atoms with van der Waals surface area (Å²) in [5.41, 5.74) is 5.40. The first-order valence-corrected chi connectivity index (χ1v) is 13.0. The van der Waals surface area contributed by atoms with Crippen LogP contribution in [-0.2, 0) is 6.61 Å². The summed E-state index contributed by atoms with van der Waals surface area (Å²) in [5, 5.41) is 14.9. The number of halogens is 2. The molecule has 39 heavy (non-hydrogen) atoms. The molecule has 0 saturated heterocycles. The predicted molar refractivity (Wildman–Crippen MR) is 150 cm³/mol. The maximum absolute atomic E-state index is 11.0. The molecule has 2 heterocycles. The zero-order valence-electron chi connectivity index (χ0n) is 21.7. The SMILES string of the molecule is Cc1cc(OCc2c(-c3c(Cl)cccc3Cl)noc2C(C)C)ccc1-c1ccc2c(OC(=O)O)c(C)oc2c1. The topological polar surface area (TPSA) is 94.9 Å². The molecular weight excluding hydrogens is 541 g/mol. The number of hydrogen-bond donors (Lipinski definition) is 1. The molecule has 0 bridgehead atoms. The molecule has 1 N–H and O–H groups in total. The van der Waals surface area contributed by atoms with Gasteiger partial charge < -0.3 is 23.5 Å². The monoisotopic (exact) mass is 565 g/mol. The highest BCUT2D eigenvalue weighted by atomic mass is 35.5. The molecule has 3 aromatic carbocycles. The lowest BCUT2D eigenvalue weighted by Crippen LogP contribution is -2.03. The van der Waals surface area contributed by atoms with E-state index in [1.54, 1.807) is 31.2 Å². The normalized spacial score (nSPS) is 11.4. The molecule has 0 spiro atoms. The minimum Gasteiger partial charge on any atom is -0.489 e. The van der Waals surface area contributed by atoms with E-state index in [1.165, 1.54) is 0 Å². The van der Waals surface area contributed by atoms with E-state index in [1.807, 2.05) is 51.1 Å². The smallest absolute Gasteiger partial charge is 0.489 e. The highest BCUT2D eigenvalue weighted by Crippen LogP contribution is 2.40. The fourth-order valence-corrected chi connectivity index (χ4v) is 5.19. The molecule has 7 nitrogen and oxygen atoms in total. The average molecular weight is 566 g/mol. The molecule has 0 saturated carbocycles. The fourth-order valence-electron chi connectivity index (χ4n) is 4.62. The van der Waals surface area contributed by atoms with Gasteiger partial charge in [0.05, 0.1) is 21.0 Å². The van der Waals surface area contributed by atoms with Gasteiger partial charge in [0.1, 0.15) is 35.2 Å². The summed E-state index contributed by atoms with van der Waals surface area (Å²) in [6.45, 7) is 7.92. The summed E-state index contributed by atoms with van der Waals surface area (Å²) >= 11 is 12.9. The second-order valence-corrected chi connectivity index (χ2v) is 10.3. The summed E-state index contributed by atoms with van der Waals surface area (Å²) < 4.78 is 22.5. The van der Waals surface area contributed by atoms with Crippen molar-refractivity contribution in [1.29, 1.82) is 0 Å². The van der Waals surface area contributed by atoms with E-state index in [2.05, 4.69) is 5.16 Å². The Labute approximate surface area is 234 Å². The zero-order valence-corrected chi connectivity index (χ0v) is 23.2. The molecular formula is C30H25Cl2NO6. The van der Waals surface area contributed by atoms with Crippen molar-refractivity contribution in [3.8, 4) is 33.9 Å². The minimum atomic E-state index is -1.38. The first-order chi connectivity index (χ1) is 18.6. The van der Waals surface area contributed by atoms with Gasteiger partial charge in [-0.2, -0.15) is 0 Å². The Morgan fingerprint density at radius 2 is 1.79 bits per heavy atom. The van der Waals surface area contributed by atoms with Crippen LogP contribution in [0.2, 0.25) is 10.0 Å². The number of benzene rings is 3. The Balaban J connectivity index is 1.42. The lowest BCUT2D eigenvalue weighted by atomic mass is 9.99. The van der Waals surface area contributed by atoms with E-state index < -0.39 is 6.16 Å². The number of aromatic nitrogens is 1. The molecule has 0 radical (unpaired) electrons. The van der Waals surface area contributed by atoms with Crippen molar-refractivity contribution < 1.29 is 28.3 Å². The maximum Gasteiger partial charge on any atom is 0.511 e. The van der Waals surface area contributed by atoms with Crippen molar-refractivity contribution in [2.24, 2.45) is 0 Å². The average Bonchev–Trinajstić information content (AvgIpc) is 3.43. The predicted octanol–water partition coefficient (Wildman–Crippen LogP) is 9.44. The van der Waals surface area contributed by atoms with Gasteiger partial charge in [0, 0.05) is 11.5 Å². The third kappa shape index (κ3) is 5.20. The van der Waals surface area contributed by atoms with Crippen molar-refractivity contribution in [2.75, 3.05) is 0 Å². The summed E-state index contributed by atoms with van der Waals surface area (Å²) in [7, 11) is 0. The highest BCUT2D eigenvalue weighted by Gasteiger charge is 2.24. The molecule has 2 aromatic heterocycles. The van der Waals surface area contributed by atoms with Crippen LogP contribution in [0.4, 0.5) is 4.79 Å². The minimum absolute atomic E-state index is 0.0804. The second-order valence-electron chi connectivity index (χ2n) is 9.46. The van der Waals surface area contributed by atoms with Crippen LogP contribution < -0.4 is 9.47 Å². The summed E-state index contributed by atoms with van der Waals surface area (Å²) in [6, 6.07) is 16.7. The summed E-state index contributed by atoms with van der Waals surface area (Å²) in [5.74, 6) is 2.07. The van der Waals surface area contributed by atoms with Crippen molar-refractivity contribution >= 4 is 40.3 Å². The van der Waals surface area contributed by atoms with Crippen molar-refractivity contribution in [3.05, 3.63) is 87.3 Å². The van der Waals surface area contributed by atoms with Crippen molar-refractivity contribution in [2.45, 2.75) is 40.2 Å². The van der Waals surface area contributed by atoms with Crippen LogP contribution in [0, 0.1) is 13.8 Å². The zero-order chi connectivity index (χ0) is 27.8. The first kappa shape index (κ1) is 26.7. The van der Waals surface area contributed by atoms with E-state index in [4.69, 9.17) is 46.7 Å². The molecule has 0 fully saturated rings. The molecule has 0 amide bonds. The number of hydrogen-bond acceptors (Lipinski definition) is 6. The van der Waals surface area contributed by atoms with Crippen LogP contribution in [0.15, 0.2) is 63.5 Å². The third-order valence-electron chi connectivity index (χ3n) is 6.43. The van der Waals surface area contributed by atoms with Crippen molar-refractivity contribution in [1.82, 2.24) is 5.16 Å². The molecule has 0 aliphatic carbocycles. The Bertz CT molecular complexity index is 1680. The van der Waals surface area contributed by atoms with Crippen LogP contribution >= 0.6 is 23.2 Å². The van der Waals surface area contributed by atoms with Gasteiger partial charge in [-0.05, 0) is 66.9 Å². The van der Waals surface area contributed by atoms with Crippen LogP contribution in [-0.4, -0.2) is 16.4 Å². The number of aryl methyl sites for hydroxylation is 2. The van der Waals surface area contributed by atoms with Gasteiger partial charge in [-0.3, -0.25) is 0 Å². The fraction of sp³-hybridized carbons (Fsp3) is 0.200. The van der Waals surface area contributed by atoms with E-state index in [9.17, 15) is 4.79 Å². The number of carboxylic acid groups (broad SMARTS) is 1. The largest absolute Gasteiger partial charge is 0.511 e. The second kappa shape index (κ2) is 10.7. The number of fused-ring (bicyclic) bond motifs is 1. The Morgan fingerprint density at radius 1 is 1.05 bits per heavy atom. The number of carbonyl (C=O) groups is 1. The molecule has 0 aliphatic heterocycles. The van der Waals surface area contributed by atoms with Gasteiger partial charge in [-0.1, -0.05) is 60.4 Å². The Hall–Kier alpha value is -3.94. The summed E-state index contributed by atoms with van der Waals surface area (Å²) in [6.07, 6.45) is -1.38. The third-order valence-corrected chi connectivity index (χ3v) is 7.06. The van der Waals surface area contributed by atoms with E-state index in [0.29, 0.717) is 49.5 Å². The van der Waals surface area contributed by atoms with Gasteiger partial charge in [0.25, 0.3) is 0 Å². The molecule has 200 valence electrons. The Morgan fingerprint density at radius 3 is 2.46 bits per heavy atom. The number of rotatable bonds is 7. The number of ether oxygens (including phenoxy) is 2. The van der Waals surface area contributed by atoms with Gasteiger partial charge in [-0.15, -0.1) is 0 Å². The van der Waals surface area contributed by atoms with Crippen LogP contribution in [0.25, 0.3) is 33.4 Å². The van der Waals surface area contributed by atoms with E-state index >= 15 is 0 Å². The quantitative estimate of drug-likeness (QED) is 0.196. The molecule has 0 atom stereocenters. The number of nitrogens with zero attached hydrogens (tertiary/aromatic N) is 1. The lowest BCUT2D eigenvalue weighted by molar-refractivity contribution is 0.144. The highest BCUT2D eigenvalue weighted by molar-refractivity contribution is 6.39. The molecule has 0 aliphatic rings.